The number of carbonyl (C=O) groups is 2. The van der Waals surface area contributed by atoms with Crippen LogP contribution in [0, 0.1) is 0 Å². The number of hydrogen-bond donors (Lipinski definition) is 1. The predicted octanol–water partition coefficient (Wildman–Crippen LogP) is 2.88. The Kier molecular flexibility index (Phi) is 6.21. The summed E-state index contributed by atoms with van der Waals surface area (Å²) in [6, 6.07) is 7.81. The number of nitrogens with one attached hydrogen (secondary N) is 1. The summed E-state index contributed by atoms with van der Waals surface area (Å²) < 4.78 is 6.21. The van der Waals surface area contributed by atoms with Crippen molar-refractivity contribution >= 4 is 11.8 Å². The molecule has 8 nitrogen and oxygen atoms in total. The van der Waals surface area contributed by atoms with E-state index in [1.54, 1.807) is 11.1 Å². The third-order valence-corrected chi connectivity index (χ3v) is 6.80. The molecule has 2 amide bonds. The van der Waals surface area contributed by atoms with Crippen molar-refractivity contribution in [2.75, 3.05) is 19.6 Å². The second-order valence-corrected chi connectivity index (χ2v) is 9.26. The Bertz CT molecular complexity index is 936. The molecule has 0 spiro atoms. The summed E-state index contributed by atoms with van der Waals surface area (Å²) in [7, 11) is 0. The first-order valence-electron chi connectivity index (χ1n) is 11.8. The van der Waals surface area contributed by atoms with E-state index in [1.807, 2.05) is 29.2 Å². The van der Waals surface area contributed by atoms with Crippen LogP contribution in [0.4, 0.5) is 0 Å². The molecule has 0 unspecified atom stereocenters. The van der Waals surface area contributed by atoms with Gasteiger partial charge in [0.05, 0.1) is 18.4 Å². The summed E-state index contributed by atoms with van der Waals surface area (Å²) in [5, 5.41) is 7.24. The number of H-pyrrole nitrogens is 1. The first-order chi connectivity index (χ1) is 15.7. The maximum atomic E-state index is 13.3. The molecule has 3 heterocycles. The number of nitrogens with zero attached hydrogens (tertiary/aromatic N) is 4. The zero-order valence-corrected chi connectivity index (χ0v) is 18.4. The molecular formula is C24H31N5O3. The van der Waals surface area contributed by atoms with Crippen molar-refractivity contribution in [1.29, 1.82) is 0 Å². The van der Waals surface area contributed by atoms with Crippen LogP contribution in [0.15, 0.2) is 30.5 Å². The second kappa shape index (κ2) is 9.40. The second-order valence-electron chi connectivity index (χ2n) is 9.26. The van der Waals surface area contributed by atoms with Gasteiger partial charge in [-0.05, 0) is 43.9 Å². The molecule has 2 aliphatic carbocycles. The van der Waals surface area contributed by atoms with Crippen LogP contribution < -0.4 is 0 Å². The number of aromatic amines is 1. The summed E-state index contributed by atoms with van der Waals surface area (Å²) >= 11 is 0. The molecule has 3 aliphatic rings. The Morgan fingerprint density at radius 3 is 2.72 bits per heavy atom. The van der Waals surface area contributed by atoms with E-state index in [0.29, 0.717) is 31.3 Å². The molecule has 0 bridgehead atoms. The van der Waals surface area contributed by atoms with E-state index in [4.69, 9.17) is 4.74 Å². The first kappa shape index (κ1) is 21.1. The zero-order valence-electron chi connectivity index (χ0n) is 18.4. The monoisotopic (exact) mass is 437 g/mol. The molecule has 8 heteroatoms. The van der Waals surface area contributed by atoms with E-state index in [0.717, 1.165) is 49.9 Å². The van der Waals surface area contributed by atoms with Gasteiger partial charge in [0.25, 0.3) is 5.91 Å². The Labute approximate surface area is 188 Å². The van der Waals surface area contributed by atoms with Gasteiger partial charge in [-0.2, -0.15) is 5.10 Å². The van der Waals surface area contributed by atoms with Crippen molar-refractivity contribution < 1.29 is 14.3 Å². The minimum absolute atomic E-state index is 0.00661. The lowest BCUT2D eigenvalue weighted by atomic mass is 9.94. The molecule has 3 fully saturated rings. The highest BCUT2D eigenvalue weighted by atomic mass is 16.5. The Morgan fingerprint density at radius 2 is 1.97 bits per heavy atom. The van der Waals surface area contributed by atoms with Gasteiger partial charge in [0.15, 0.2) is 0 Å². The molecule has 1 saturated heterocycles. The third-order valence-electron chi connectivity index (χ3n) is 6.80. The van der Waals surface area contributed by atoms with Crippen LogP contribution >= 0.6 is 0 Å². The SMILES string of the molecule is O=C(c1cc(C2CC2)[nH]n1)N1CC(=O)N(C2CCCCC2)C[C@@H](OCc2ccccn2)C1. The summed E-state index contributed by atoms with van der Waals surface area (Å²) in [6.07, 6.45) is 9.32. The van der Waals surface area contributed by atoms with Crippen LogP contribution in [0.1, 0.15) is 72.7 Å². The van der Waals surface area contributed by atoms with Crippen LogP contribution in [0.3, 0.4) is 0 Å². The number of hydrogen-bond acceptors (Lipinski definition) is 5. The molecule has 32 heavy (non-hydrogen) atoms. The summed E-state index contributed by atoms with van der Waals surface area (Å²) in [4.78, 5) is 34.4. The number of amides is 2. The standard InChI is InChI=1S/C24H31N5O3/c30-23-15-28(24(31)22-12-21(26-27-22)17-9-10-17)13-20(32-16-18-6-4-5-11-25-18)14-29(23)19-7-2-1-3-8-19/h4-6,11-12,17,19-20H,1-3,7-10,13-16H2,(H,26,27)/t20-/m0/s1. The van der Waals surface area contributed by atoms with Crippen molar-refractivity contribution in [3.63, 3.8) is 0 Å². The van der Waals surface area contributed by atoms with E-state index < -0.39 is 0 Å². The van der Waals surface area contributed by atoms with Gasteiger partial charge in [-0.15, -0.1) is 0 Å². The molecule has 1 atom stereocenters. The molecular weight excluding hydrogens is 406 g/mol. The molecule has 0 aromatic carbocycles. The van der Waals surface area contributed by atoms with Crippen LogP contribution in [-0.4, -0.2) is 68.6 Å². The van der Waals surface area contributed by atoms with Gasteiger partial charge in [-0.1, -0.05) is 25.3 Å². The van der Waals surface area contributed by atoms with Gasteiger partial charge in [0.1, 0.15) is 12.2 Å². The Balaban J connectivity index is 1.33. The normalized spacial score (nSPS) is 22.8. The van der Waals surface area contributed by atoms with E-state index in [2.05, 4.69) is 15.2 Å². The van der Waals surface area contributed by atoms with E-state index in [1.165, 1.54) is 6.42 Å². The lowest BCUT2D eigenvalue weighted by Crippen LogP contribution is -2.46. The number of carbonyl (C=O) groups excluding carboxylic acids is 2. The zero-order chi connectivity index (χ0) is 21.9. The molecule has 1 aliphatic heterocycles. The molecule has 2 saturated carbocycles. The van der Waals surface area contributed by atoms with Crippen molar-refractivity contribution in [3.05, 3.63) is 47.5 Å². The number of pyridine rings is 1. The fourth-order valence-electron chi connectivity index (χ4n) is 4.85. The van der Waals surface area contributed by atoms with Crippen LogP contribution in [-0.2, 0) is 16.1 Å². The van der Waals surface area contributed by atoms with Crippen molar-refractivity contribution in [2.45, 2.75) is 69.6 Å². The minimum atomic E-state index is -0.267. The van der Waals surface area contributed by atoms with Crippen molar-refractivity contribution in [3.8, 4) is 0 Å². The van der Waals surface area contributed by atoms with E-state index >= 15 is 0 Å². The fraction of sp³-hybridized carbons (Fsp3) is 0.583. The third kappa shape index (κ3) is 4.85. The highest BCUT2D eigenvalue weighted by molar-refractivity contribution is 5.95. The predicted molar refractivity (Wildman–Crippen MR) is 118 cm³/mol. The minimum Gasteiger partial charge on any atom is -0.368 e. The average molecular weight is 438 g/mol. The maximum Gasteiger partial charge on any atom is 0.274 e. The quantitative estimate of drug-likeness (QED) is 0.750. The van der Waals surface area contributed by atoms with Gasteiger partial charge in [0, 0.05) is 36.9 Å². The summed E-state index contributed by atoms with van der Waals surface area (Å²) in [5.74, 6) is 0.289. The fourth-order valence-corrected chi connectivity index (χ4v) is 4.85. The Morgan fingerprint density at radius 1 is 1.12 bits per heavy atom. The lowest BCUT2D eigenvalue weighted by Gasteiger charge is -2.34. The topological polar surface area (TPSA) is 91.4 Å². The molecule has 1 N–H and O–H groups in total. The molecule has 170 valence electrons. The number of aromatic nitrogens is 3. The molecule has 5 rings (SSSR count). The van der Waals surface area contributed by atoms with Crippen LogP contribution in [0.25, 0.3) is 0 Å². The summed E-state index contributed by atoms with van der Waals surface area (Å²) in [5.41, 5.74) is 2.24. The van der Waals surface area contributed by atoms with Crippen molar-refractivity contribution in [1.82, 2.24) is 25.0 Å². The highest BCUT2D eigenvalue weighted by Crippen LogP contribution is 2.39. The van der Waals surface area contributed by atoms with Crippen molar-refractivity contribution in [2.24, 2.45) is 0 Å². The van der Waals surface area contributed by atoms with Gasteiger partial charge in [-0.25, -0.2) is 0 Å². The highest BCUT2D eigenvalue weighted by Gasteiger charge is 2.36. The summed E-state index contributed by atoms with van der Waals surface area (Å²) in [6.45, 7) is 1.30. The van der Waals surface area contributed by atoms with Gasteiger partial charge in [-0.3, -0.25) is 19.7 Å². The maximum absolute atomic E-state index is 13.3. The molecule has 0 radical (unpaired) electrons. The van der Waals surface area contributed by atoms with Gasteiger partial charge in [0.2, 0.25) is 5.91 Å². The molecule has 2 aromatic rings. The largest absolute Gasteiger partial charge is 0.368 e. The lowest BCUT2D eigenvalue weighted by molar-refractivity contribution is -0.134. The van der Waals surface area contributed by atoms with Crippen LogP contribution in [0.5, 0.6) is 0 Å². The smallest absolute Gasteiger partial charge is 0.274 e. The number of rotatable bonds is 6. The average Bonchev–Trinajstić information content (AvgIpc) is 3.59. The first-order valence-corrected chi connectivity index (χ1v) is 11.8. The van der Waals surface area contributed by atoms with Crippen LogP contribution in [0.2, 0.25) is 0 Å². The van der Waals surface area contributed by atoms with Gasteiger partial charge >= 0.3 is 0 Å². The Hall–Kier alpha value is -2.74. The van der Waals surface area contributed by atoms with E-state index in [-0.39, 0.29) is 30.5 Å². The van der Waals surface area contributed by atoms with E-state index in [9.17, 15) is 9.59 Å². The molecule has 2 aromatic heterocycles. The van der Waals surface area contributed by atoms with Gasteiger partial charge < -0.3 is 14.5 Å². The number of ether oxygens (including phenoxy) is 1.